The van der Waals surface area contributed by atoms with Crippen molar-refractivity contribution in [1.29, 1.82) is 0 Å². The van der Waals surface area contributed by atoms with Crippen LogP contribution in [0.15, 0.2) is 24.3 Å². The Kier molecular flexibility index (Phi) is 5.75. The van der Waals surface area contributed by atoms with Gasteiger partial charge in [0.25, 0.3) is 0 Å². The third-order valence-electron chi connectivity index (χ3n) is 5.90. The molecule has 0 N–H and O–H groups in total. The Hall–Kier alpha value is -2.89. The van der Waals surface area contributed by atoms with Crippen LogP contribution in [0, 0.1) is 20.8 Å². The minimum atomic E-state index is 0.224. The second-order valence-electron chi connectivity index (χ2n) is 8.08. The number of amides is 1. The van der Waals surface area contributed by atoms with Crippen molar-refractivity contribution in [2.24, 2.45) is 0 Å². The van der Waals surface area contributed by atoms with Crippen molar-refractivity contribution in [3.63, 3.8) is 0 Å². The van der Waals surface area contributed by atoms with Crippen LogP contribution in [-0.4, -0.2) is 45.3 Å². The van der Waals surface area contributed by atoms with Crippen LogP contribution in [0.2, 0.25) is 0 Å². The molecule has 1 aromatic carbocycles. The van der Waals surface area contributed by atoms with Gasteiger partial charge in [-0.05, 0) is 70.2 Å². The summed E-state index contributed by atoms with van der Waals surface area (Å²) >= 11 is 0. The summed E-state index contributed by atoms with van der Waals surface area (Å²) in [6.45, 7) is 10.4. The Balaban J connectivity index is 1.75. The lowest BCUT2D eigenvalue weighted by molar-refractivity contribution is -0.130. The fraction of sp³-hybridized carbons (Fsp3) is 0.458. The first-order valence-electron chi connectivity index (χ1n) is 10.9. The van der Waals surface area contributed by atoms with Gasteiger partial charge >= 0.3 is 0 Å². The molecular weight excluding hydrogens is 376 g/mol. The third kappa shape index (κ3) is 3.78. The van der Waals surface area contributed by atoms with Gasteiger partial charge in [0.2, 0.25) is 11.8 Å². The number of rotatable bonds is 6. The van der Waals surface area contributed by atoms with Gasteiger partial charge in [0, 0.05) is 30.5 Å². The number of carbonyl (C=O) groups is 1. The zero-order valence-electron chi connectivity index (χ0n) is 18.4. The Morgan fingerprint density at radius 3 is 2.63 bits per heavy atom. The summed E-state index contributed by atoms with van der Waals surface area (Å²) in [5.74, 6) is 0.840. The van der Waals surface area contributed by atoms with Gasteiger partial charge in [0.1, 0.15) is 0 Å². The highest BCUT2D eigenvalue weighted by molar-refractivity contribution is 5.86. The van der Waals surface area contributed by atoms with Crippen LogP contribution in [-0.2, 0) is 11.2 Å². The maximum Gasteiger partial charge on any atom is 0.222 e. The van der Waals surface area contributed by atoms with E-state index in [0.717, 1.165) is 59.5 Å². The smallest absolute Gasteiger partial charge is 0.222 e. The molecule has 0 unspecified atom stereocenters. The van der Waals surface area contributed by atoms with Crippen LogP contribution in [0.25, 0.3) is 16.7 Å². The molecule has 3 heterocycles. The van der Waals surface area contributed by atoms with E-state index in [9.17, 15) is 4.79 Å². The SMILES string of the molecule is CCOc1nc2c(c(C)nn2-c2cccc(C)c2)c(C)c1CCC(=O)N1CCCC1. The minimum Gasteiger partial charge on any atom is -0.478 e. The summed E-state index contributed by atoms with van der Waals surface area (Å²) in [6, 6.07) is 8.24. The van der Waals surface area contributed by atoms with Crippen molar-refractivity contribution in [2.75, 3.05) is 19.7 Å². The van der Waals surface area contributed by atoms with Crippen molar-refractivity contribution in [3.8, 4) is 11.6 Å². The van der Waals surface area contributed by atoms with Crippen molar-refractivity contribution in [1.82, 2.24) is 19.7 Å². The Morgan fingerprint density at radius 1 is 1.17 bits per heavy atom. The molecular formula is C24H30N4O2. The molecule has 0 radical (unpaired) electrons. The van der Waals surface area contributed by atoms with Crippen LogP contribution >= 0.6 is 0 Å². The zero-order chi connectivity index (χ0) is 21.3. The van der Waals surface area contributed by atoms with E-state index in [1.165, 1.54) is 5.56 Å². The van der Waals surface area contributed by atoms with E-state index in [4.69, 9.17) is 14.8 Å². The predicted molar refractivity (Wildman–Crippen MR) is 118 cm³/mol. The molecule has 3 aromatic rings. The Labute approximate surface area is 177 Å². The highest BCUT2D eigenvalue weighted by Crippen LogP contribution is 2.32. The minimum absolute atomic E-state index is 0.224. The van der Waals surface area contributed by atoms with Crippen molar-refractivity contribution in [2.45, 2.75) is 53.4 Å². The fourth-order valence-corrected chi connectivity index (χ4v) is 4.38. The van der Waals surface area contributed by atoms with E-state index >= 15 is 0 Å². The largest absolute Gasteiger partial charge is 0.478 e. The van der Waals surface area contributed by atoms with Gasteiger partial charge < -0.3 is 9.64 Å². The van der Waals surface area contributed by atoms with Crippen molar-refractivity contribution >= 4 is 16.9 Å². The van der Waals surface area contributed by atoms with E-state index in [-0.39, 0.29) is 5.91 Å². The molecule has 0 bridgehead atoms. The molecule has 0 spiro atoms. The van der Waals surface area contributed by atoms with Crippen LogP contribution in [0.1, 0.15) is 48.6 Å². The molecule has 6 heteroatoms. The molecule has 0 aliphatic carbocycles. The molecule has 1 saturated heterocycles. The number of hydrogen-bond acceptors (Lipinski definition) is 4. The summed E-state index contributed by atoms with van der Waals surface area (Å²) in [5, 5.41) is 5.83. The van der Waals surface area contributed by atoms with Crippen molar-refractivity contribution in [3.05, 3.63) is 46.6 Å². The maximum absolute atomic E-state index is 12.6. The van der Waals surface area contributed by atoms with Gasteiger partial charge in [-0.3, -0.25) is 4.79 Å². The van der Waals surface area contributed by atoms with Gasteiger partial charge in [-0.2, -0.15) is 10.1 Å². The summed E-state index contributed by atoms with van der Waals surface area (Å²) in [7, 11) is 0. The standard InChI is InChI=1S/C24H30N4O2/c1-5-30-24-20(11-12-21(29)27-13-6-7-14-27)17(3)22-18(4)26-28(23(22)25-24)19-10-8-9-16(2)15-19/h8-10,15H,5-7,11-14H2,1-4H3. The molecule has 1 aliphatic rings. The fourth-order valence-electron chi connectivity index (χ4n) is 4.38. The number of aryl methyl sites for hydroxylation is 3. The number of pyridine rings is 1. The van der Waals surface area contributed by atoms with Gasteiger partial charge in [-0.25, -0.2) is 4.68 Å². The van der Waals surface area contributed by atoms with Crippen LogP contribution in [0.3, 0.4) is 0 Å². The first kappa shape index (κ1) is 20.4. The molecule has 2 aromatic heterocycles. The highest BCUT2D eigenvalue weighted by Gasteiger charge is 2.22. The number of carbonyl (C=O) groups excluding carboxylic acids is 1. The third-order valence-corrected chi connectivity index (χ3v) is 5.90. The molecule has 1 aliphatic heterocycles. The van der Waals surface area contributed by atoms with Crippen LogP contribution in [0.5, 0.6) is 5.88 Å². The topological polar surface area (TPSA) is 60.3 Å². The number of nitrogens with zero attached hydrogens (tertiary/aromatic N) is 4. The number of ether oxygens (including phenoxy) is 1. The Bertz CT molecular complexity index is 1080. The van der Waals surface area contributed by atoms with Gasteiger partial charge in [-0.1, -0.05) is 12.1 Å². The van der Waals surface area contributed by atoms with Crippen LogP contribution in [0.4, 0.5) is 0 Å². The van der Waals surface area contributed by atoms with Gasteiger partial charge in [0.05, 0.1) is 18.0 Å². The maximum atomic E-state index is 12.6. The van der Waals surface area contributed by atoms with Gasteiger partial charge in [-0.15, -0.1) is 0 Å². The van der Waals surface area contributed by atoms with Gasteiger partial charge in [0.15, 0.2) is 5.65 Å². The van der Waals surface area contributed by atoms with E-state index in [1.54, 1.807) is 0 Å². The lowest BCUT2D eigenvalue weighted by Crippen LogP contribution is -2.27. The second kappa shape index (κ2) is 8.46. The molecule has 0 atom stereocenters. The van der Waals surface area contributed by atoms with E-state index in [1.807, 2.05) is 35.6 Å². The number of benzene rings is 1. The number of hydrogen-bond donors (Lipinski definition) is 0. The van der Waals surface area contributed by atoms with E-state index in [0.29, 0.717) is 25.3 Å². The monoisotopic (exact) mass is 406 g/mol. The van der Waals surface area contributed by atoms with E-state index < -0.39 is 0 Å². The highest BCUT2D eigenvalue weighted by atomic mass is 16.5. The average Bonchev–Trinajstić information content (AvgIpc) is 3.36. The lowest BCUT2D eigenvalue weighted by atomic mass is 10.0. The quantitative estimate of drug-likeness (QED) is 0.612. The summed E-state index contributed by atoms with van der Waals surface area (Å²) in [6.07, 6.45) is 3.34. The molecule has 1 amide bonds. The number of aromatic nitrogens is 3. The molecule has 30 heavy (non-hydrogen) atoms. The average molecular weight is 407 g/mol. The van der Waals surface area contributed by atoms with Crippen molar-refractivity contribution < 1.29 is 9.53 Å². The summed E-state index contributed by atoms with van der Waals surface area (Å²) < 4.78 is 7.83. The van der Waals surface area contributed by atoms with Crippen LogP contribution < -0.4 is 4.74 Å². The normalized spacial score (nSPS) is 13.9. The number of fused-ring (bicyclic) bond motifs is 1. The molecule has 158 valence electrons. The molecule has 6 nitrogen and oxygen atoms in total. The first-order valence-corrected chi connectivity index (χ1v) is 10.9. The zero-order valence-corrected chi connectivity index (χ0v) is 18.4. The first-order chi connectivity index (χ1) is 14.5. The lowest BCUT2D eigenvalue weighted by Gasteiger charge is -2.17. The predicted octanol–water partition coefficient (Wildman–Crippen LogP) is 4.30. The number of likely N-dealkylation sites (tertiary alicyclic amines) is 1. The second-order valence-corrected chi connectivity index (χ2v) is 8.08. The molecule has 4 rings (SSSR count). The molecule has 0 saturated carbocycles. The summed E-state index contributed by atoms with van der Waals surface area (Å²) in [5.41, 5.74) is 6.02. The van der Waals surface area contributed by atoms with E-state index in [2.05, 4.69) is 26.0 Å². The summed E-state index contributed by atoms with van der Waals surface area (Å²) in [4.78, 5) is 19.5. The molecule has 1 fully saturated rings. The Morgan fingerprint density at radius 2 is 1.93 bits per heavy atom.